The van der Waals surface area contributed by atoms with Crippen LogP contribution in [0.3, 0.4) is 0 Å². The van der Waals surface area contributed by atoms with Crippen molar-refractivity contribution in [3.8, 4) is 23.0 Å². The smallest absolute Gasteiger partial charge is 0.332 e. The lowest BCUT2D eigenvalue weighted by molar-refractivity contribution is -0.151. The van der Waals surface area contributed by atoms with Gasteiger partial charge in [-0.2, -0.15) is 0 Å². The molecule has 1 heterocycles. The number of hydrogen-bond donors (Lipinski definition) is 2. The minimum Gasteiger partial charge on any atom is -0.487 e. The molecule has 0 aromatic heterocycles. The number of hydrogen-bond acceptors (Lipinski definition) is 10. The van der Waals surface area contributed by atoms with Crippen molar-refractivity contribution in [2.45, 2.75) is 13.0 Å². The highest BCUT2D eigenvalue weighted by molar-refractivity contribution is 5.70. The normalized spacial score (nSPS) is 15.5. The molecule has 0 aliphatic carbocycles. The van der Waals surface area contributed by atoms with Crippen LogP contribution in [0, 0.1) is 0 Å². The number of rotatable bonds is 4. The molecule has 2 aromatic rings. The second-order valence-corrected chi connectivity index (χ2v) is 7.08. The predicted molar refractivity (Wildman–Crippen MR) is 121 cm³/mol. The Morgan fingerprint density at radius 2 is 1.39 bits per heavy atom. The van der Waals surface area contributed by atoms with Crippen LogP contribution in [0.2, 0.25) is 0 Å². The number of esters is 1. The first kappa shape index (κ1) is 24.3. The van der Waals surface area contributed by atoms with Crippen molar-refractivity contribution in [1.82, 2.24) is 0 Å². The first-order valence-corrected chi connectivity index (χ1v) is 10.7. The fourth-order valence-electron chi connectivity index (χ4n) is 2.93. The van der Waals surface area contributed by atoms with E-state index in [1.165, 1.54) is 0 Å². The molecule has 1 aliphatic heterocycles. The Labute approximate surface area is 192 Å². The molecule has 33 heavy (non-hydrogen) atoms. The van der Waals surface area contributed by atoms with Crippen LogP contribution in [0.25, 0.3) is 0 Å². The topological polar surface area (TPSA) is 134 Å². The third kappa shape index (κ3) is 7.92. The van der Waals surface area contributed by atoms with Crippen molar-refractivity contribution in [1.29, 1.82) is 0 Å². The molecule has 0 bridgehead atoms. The molecular formula is C23H30N2O8. The maximum Gasteiger partial charge on any atom is 0.332 e. The molecule has 0 spiro atoms. The standard InChI is InChI=1S/C23H30N2O8/c1-2-28-23(26)15-31-18-13-32-21-11-16(24)3-5-19(21)29-9-7-27-8-10-30-20-6-4-17(25)12-22(20)33-14-18/h3-6,11-12,18H,2,7-10,13-15,24-25H2,1H3. The van der Waals surface area contributed by atoms with Crippen LogP contribution in [0.1, 0.15) is 6.92 Å². The molecule has 0 amide bonds. The largest absolute Gasteiger partial charge is 0.487 e. The molecule has 3 rings (SSSR count). The van der Waals surface area contributed by atoms with Gasteiger partial charge in [-0.25, -0.2) is 4.79 Å². The van der Waals surface area contributed by atoms with Crippen LogP contribution in [0.4, 0.5) is 11.4 Å². The predicted octanol–water partition coefficient (Wildman–Crippen LogP) is 2.04. The molecule has 10 heteroatoms. The minimum absolute atomic E-state index is 0.0637. The molecule has 1 aliphatic rings. The average molecular weight is 462 g/mol. The highest BCUT2D eigenvalue weighted by Crippen LogP contribution is 2.31. The van der Waals surface area contributed by atoms with Crippen molar-refractivity contribution in [3.05, 3.63) is 36.4 Å². The zero-order valence-electron chi connectivity index (χ0n) is 18.6. The lowest BCUT2D eigenvalue weighted by atomic mass is 10.2. The molecule has 180 valence electrons. The van der Waals surface area contributed by atoms with Gasteiger partial charge in [-0.3, -0.25) is 0 Å². The summed E-state index contributed by atoms with van der Waals surface area (Å²) in [7, 11) is 0. The van der Waals surface area contributed by atoms with Gasteiger partial charge in [0.2, 0.25) is 0 Å². The van der Waals surface area contributed by atoms with E-state index in [0.29, 0.717) is 60.8 Å². The fourth-order valence-corrected chi connectivity index (χ4v) is 2.93. The summed E-state index contributed by atoms with van der Waals surface area (Å²) in [4.78, 5) is 11.8. The Balaban J connectivity index is 1.78. The number of benzene rings is 2. The van der Waals surface area contributed by atoms with Crippen LogP contribution in [0.5, 0.6) is 23.0 Å². The molecule has 2 aromatic carbocycles. The van der Waals surface area contributed by atoms with Crippen molar-refractivity contribution < 1.29 is 38.0 Å². The lowest BCUT2D eigenvalue weighted by Crippen LogP contribution is -2.31. The van der Waals surface area contributed by atoms with E-state index < -0.39 is 12.1 Å². The van der Waals surface area contributed by atoms with Gasteiger partial charge < -0.3 is 44.6 Å². The first-order valence-electron chi connectivity index (χ1n) is 10.7. The number of nitrogens with two attached hydrogens (primary N) is 2. The maximum atomic E-state index is 11.8. The Morgan fingerprint density at radius 3 is 1.91 bits per heavy atom. The summed E-state index contributed by atoms with van der Waals surface area (Å²) in [5.41, 5.74) is 12.9. The van der Waals surface area contributed by atoms with Crippen LogP contribution < -0.4 is 30.4 Å². The van der Waals surface area contributed by atoms with Gasteiger partial charge in [0.15, 0.2) is 23.0 Å². The second kappa shape index (κ2) is 12.6. The molecule has 0 fully saturated rings. The van der Waals surface area contributed by atoms with Crippen LogP contribution >= 0.6 is 0 Å². The Morgan fingerprint density at radius 1 is 0.848 bits per heavy atom. The number of carbonyl (C=O) groups excluding carboxylic acids is 1. The summed E-state index contributed by atoms with van der Waals surface area (Å²) in [5, 5.41) is 0. The number of nitrogen functional groups attached to an aromatic ring is 2. The summed E-state index contributed by atoms with van der Waals surface area (Å²) < 4.78 is 39.6. The van der Waals surface area contributed by atoms with Crippen molar-refractivity contribution in [2.75, 3.05) is 64.3 Å². The van der Waals surface area contributed by atoms with Crippen molar-refractivity contribution in [3.63, 3.8) is 0 Å². The monoisotopic (exact) mass is 462 g/mol. The molecular weight excluding hydrogens is 432 g/mol. The zero-order valence-corrected chi connectivity index (χ0v) is 18.6. The molecule has 0 atom stereocenters. The van der Waals surface area contributed by atoms with E-state index in [0.717, 1.165) is 0 Å². The molecule has 0 saturated heterocycles. The van der Waals surface area contributed by atoms with Gasteiger partial charge in [0, 0.05) is 23.5 Å². The van der Waals surface area contributed by atoms with Crippen LogP contribution in [-0.2, 0) is 19.0 Å². The molecule has 10 nitrogen and oxygen atoms in total. The minimum atomic E-state index is -0.616. The quantitative estimate of drug-likeness (QED) is 0.513. The average Bonchev–Trinajstić information content (AvgIpc) is 2.79. The first-order chi connectivity index (χ1) is 16.0. The van der Waals surface area contributed by atoms with E-state index in [9.17, 15) is 4.79 Å². The van der Waals surface area contributed by atoms with Gasteiger partial charge in [0.1, 0.15) is 39.1 Å². The Bertz CT molecular complexity index is 847. The van der Waals surface area contributed by atoms with E-state index in [1.807, 2.05) is 0 Å². The summed E-state index contributed by atoms with van der Waals surface area (Å²) >= 11 is 0. The van der Waals surface area contributed by atoms with E-state index >= 15 is 0 Å². The highest BCUT2D eigenvalue weighted by Gasteiger charge is 2.18. The Kier molecular flexibility index (Phi) is 9.28. The summed E-state index contributed by atoms with van der Waals surface area (Å²) in [6.45, 7) is 3.24. The van der Waals surface area contributed by atoms with Crippen LogP contribution in [0.15, 0.2) is 36.4 Å². The number of fused-ring (bicyclic) bond motifs is 2. The zero-order chi connectivity index (χ0) is 23.5. The molecule has 0 radical (unpaired) electrons. The number of ether oxygens (including phenoxy) is 7. The van der Waals surface area contributed by atoms with E-state index in [2.05, 4.69) is 0 Å². The SMILES string of the molecule is CCOC(=O)COC1COc2cc(N)ccc2OCCOCCOc2ccc(N)cc2OC1. The second-order valence-electron chi connectivity index (χ2n) is 7.08. The lowest BCUT2D eigenvalue weighted by Gasteiger charge is -2.21. The van der Waals surface area contributed by atoms with Gasteiger partial charge in [0.05, 0.1) is 19.8 Å². The molecule has 4 N–H and O–H groups in total. The van der Waals surface area contributed by atoms with Gasteiger partial charge in [0.25, 0.3) is 0 Å². The van der Waals surface area contributed by atoms with Gasteiger partial charge in [-0.05, 0) is 31.2 Å². The van der Waals surface area contributed by atoms with Gasteiger partial charge in [-0.1, -0.05) is 0 Å². The van der Waals surface area contributed by atoms with E-state index in [1.54, 1.807) is 43.3 Å². The highest BCUT2D eigenvalue weighted by atomic mass is 16.6. The summed E-state index contributed by atoms with van der Waals surface area (Å²) in [5.74, 6) is 1.43. The van der Waals surface area contributed by atoms with Gasteiger partial charge in [-0.15, -0.1) is 0 Å². The Hall–Kier alpha value is -3.37. The molecule has 0 saturated carbocycles. The summed E-state index contributed by atoms with van der Waals surface area (Å²) in [6, 6.07) is 10.2. The summed E-state index contributed by atoms with van der Waals surface area (Å²) in [6.07, 6.45) is -0.616. The van der Waals surface area contributed by atoms with E-state index in [4.69, 9.17) is 44.6 Å². The third-order valence-electron chi connectivity index (χ3n) is 4.50. The van der Waals surface area contributed by atoms with Crippen molar-refractivity contribution in [2.24, 2.45) is 0 Å². The number of anilines is 2. The maximum absolute atomic E-state index is 11.8. The molecule has 0 unspecified atom stereocenters. The van der Waals surface area contributed by atoms with Gasteiger partial charge >= 0.3 is 5.97 Å². The van der Waals surface area contributed by atoms with Crippen LogP contribution in [-0.4, -0.2) is 64.9 Å². The van der Waals surface area contributed by atoms with Crippen molar-refractivity contribution >= 4 is 17.3 Å². The third-order valence-corrected chi connectivity index (χ3v) is 4.50. The fraction of sp³-hybridized carbons (Fsp3) is 0.435. The van der Waals surface area contributed by atoms with E-state index in [-0.39, 0.29) is 26.4 Å². The number of carbonyl (C=O) groups is 1.